The standard InChI is InChI=1S/C12H13BrN2O/c1-9-10(7-15(2)14-9)8-16-12-6-4-3-5-11(12)13/h3-7H,8H2,1-2H3. The molecule has 1 heterocycles. The fraction of sp³-hybridized carbons (Fsp3) is 0.250. The van der Waals surface area contributed by atoms with Gasteiger partial charge in [-0.25, -0.2) is 0 Å². The molecule has 1 aromatic heterocycles. The van der Waals surface area contributed by atoms with Crippen molar-refractivity contribution in [2.45, 2.75) is 13.5 Å². The van der Waals surface area contributed by atoms with E-state index in [1.54, 1.807) is 4.68 Å². The Balaban J connectivity index is 2.08. The molecule has 0 saturated heterocycles. The average Bonchev–Trinajstić information content (AvgIpc) is 2.56. The van der Waals surface area contributed by atoms with E-state index < -0.39 is 0 Å². The molecule has 0 aliphatic rings. The van der Waals surface area contributed by atoms with E-state index in [0.717, 1.165) is 21.5 Å². The highest BCUT2D eigenvalue weighted by molar-refractivity contribution is 9.10. The first kappa shape index (κ1) is 11.2. The predicted molar refractivity (Wildman–Crippen MR) is 66.4 cm³/mol. The van der Waals surface area contributed by atoms with Crippen LogP contribution < -0.4 is 4.74 Å². The van der Waals surface area contributed by atoms with Crippen molar-refractivity contribution in [3.8, 4) is 5.75 Å². The Bertz CT molecular complexity index is 494. The molecule has 0 unspecified atom stereocenters. The number of rotatable bonds is 3. The van der Waals surface area contributed by atoms with Gasteiger partial charge < -0.3 is 4.74 Å². The Labute approximate surface area is 103 Å². The minimum atomic E-state index is 0.544. The summed E-state index contributed by atoms with van der Waals surface area (Å²) in [7, 11) is 1.91. The lowest BCUT2D eigenvalue weighted by molar-refractivity contribution is 0.303. The number of para-hydroxylation sites is 1. The van der Waals surface area contributed by atoms with Crippen LogP contribution in [0.2, 0.25) is 0 Å². The molecule has 0 N–H and O–H groups in total. The van der Waals surface area contributed by atoms with Crippen molar-refractivity contribution < 1.29 is 4.74 Å². The summed E-state index contributed by atoms with van der Waals surface area (Å²) in [5, 5.41) is 4.27. The molecule has 3 nitrogen and oxygen atoms in total. The number of aromatic nitrogens is 2. The van der Waals surface area contributed by atoms with Crippen molar-refractivity contribution >= 4 is 15.9 Å². The fourth-order valence-corrected chi connectivity index (χ4v) is 1.91. The highest BCUT2D eigenvalue weighted by Crippen LogP contribution is 2.24. The molecule has 1 aromatic carbocycles. The van der Waals surface area contributed by atoms with Crippen LogP contribution in [-0.4, -0.2) is 9.78 Å². The monoisotopic (exact) mass is 280 g/mol. The molecule has 84 valence electrons. The lowest BCUT2D eigenvalue weighted by Gasteiger charge is -2.06. The minimum absolute atomic E-state index is 0.544. The van der Waals surface area contributed by atoms with E-state index in [2.05, 4.69) is 21.0 Å². The SMILES string of the molecule is Cc1nn(C)cc1COc1ccccc1Br. The Kier molecular flexibility index (Phi) is 3.29. The highest BCUT2D eigenvalue weighted by atomic mass is 79.9. The number of benzene rings is 1. The molecule has 0 atom stereocenters. The van der Waals surface area contributed by atoms with Gasteiger partial charge in [-0.1, -0.05) is 12.1 Å². The zero-order chi connectivity index (χ0) is 11.5. The summed E-state index contributed by atoms with van der Waals surface area (Å²) in [5.74, 6) is 0.853. The van der Waals surface area contributed by atoms with Gasteiger partial charge in [0.2, 0.25) is 0 Å². The van der Waals surface area contributed by atoms with Crippen LogP contribution in [0.15, 0.2) is 34.9 Å². The molecule has 0 aliphatic heterocycles. The maximum Gasteiger partial charge on any atom is 0.133 e. The molecular weight excluding hydrogens is 268 g/mol. The molecular formula is C12H13BrN2O. The van der Waals surface area contributed by atoms with Crippen LogP contribution in [0.25, 0.3) is 0 Å². The third-order valence-corrected chi connectivity index (χ3v) is 2.99. The second-order valence-electron chi connectivity index (χ2n) is 3.63. The second kappa shape index (κ2) is 4.70. The molecule has 0 fully saturated rings. The van der Waals surface area contributed by atoms with Gasteiger partial charge in [0.05, 0.1) is 10.2 Å². The number of hydrogen-bond acceptors (Lipinski definition) is 2. The van der Waals surface area contributed by atoms with Crippen LogP contribution in [-0.2, 0) is 13.7 Å². The van der Waals surface area contributed by atoms with Crippen LogP contribution in [0.3, 0.4) is 0 Å². The van der Waals surface area contributed by atoms with Crippen LogP contribution >= 0.6 is 15.9 Å². The quantitative estimate of drug-likeness (QED) is 0.864. The van der Waals surface area contributed by atoms with E-state index in [1.165, 1.54) is 0 Å². The lowest BCUT2D eigenvalue weighted by Crippen LogP contribution is -1.96. The van der Waals surface area contributed by atoms with Gasteiger partial charge in [0.1, 0.15) is 12.4 Å². The Morgan fingerprint density at radius 2 is 2.12 bits per heavy atom. The summed E-state index contributed by atoms with van der Waals surface area (Å²) in [5.41, 5.74) is 2.12. The van der Waals surface area contributed by atoms with Gasteiger partial charge in [-0.05, 0) is 35.0 Å². The van der Waals surface area contributed by atoms with Crippen molar-refractivity contribution in [3.63, 3.8) is 0 Å². The number of ether oxygens (including phenoxy) is 1. The van der Waals surface area contributed by atoms with Gasteiger partial charge in [-0.3, -0.25) is 4.68 Å². The van der Waals surface area contributed by atoms with E-state index in [9.17, 15) is 0 Å². The highest BCUT2D eigenvalue weighted by Gasteiger charge is 2.05. The van der Waals surface area contributed by atoms with E-state index in [1.807, 2.05) is 44.4 Å². The van der Waals surface area contributed by atoms with Gasteiger partial charge in [-0.15, -0.1) is 0 Å². The predicted octanol–water partition coefficient (Wildman–Crippen LogP) is 3.07. The first-order valence-electron chi connectivity index (χ1n) is 5.03. The van der Waals surface area contributed by atoms with Gasteiger partial charge in [0.15, 0.2) is 0 Å². The molecule has 16 heavy (non-hydrogen) atoms. The third kappa shape index (κ3) is 2.44. The molecule has 0 amide bonds. The second-order valence-corrected chi connectivity index (χ2v) is 4.49. The first-order valence-corrected chi connectivity index (χ1v) is 5.82. The molecule has 0 saturated carbocycles. The van der Waals surface area contributed by atoms with Crippen molar-refractivity contribution in [1.29, 1.82) is 0 Å². The zero-order valence-corrected chi connectivity index (χ0v) is 10.9. The van der Waals surface area contributed by atoms with E-state index in [0.29, 0.717) is 6.61 Å². The summed E-state index contributed by atoms with van der Waals surface area (Å²) < 4.78 is 8.49. The fourth-order valence-electron chi connectivity index (χ4n) is 1.51. The van der Waals surface area contributed by atoms with Gasteiger partial charge in [-0.2, -0.15) is 5.10 Å². The Morgan fingerprint density at radius 1 is 1.38 bits per heavy atom. The van der Waals surface area contributed by atoms with E-state index in [-0.39, 0.29) is 0 Å². The lowest BCUT2D eigenvalue weighted by atomic mass is 10.3. The number of hydrogen-bond donors (Lipinski definition) is 0. The van der Waals surface area contributed by atoms with Crippen LogP contribution in [0, 0.1) is 6.92 Å². The molecule has 2 aromatic rings. The first-order chi connectivity index (χ1) is 7.66. The number of halogens is 1. The number of aryl methyl sites for hydroxylation is 2. The number of nitrogens with zero attached hydrogens (tertiary/aromatic N) is 2. The van der Waals surface area contributed by atoms with Crippen molar-refractivity contribution in [2.75, 3.05) is 0 Å². The summed E-state index contributed by atoms with van der Waals surface area (Å²) in [4.78, 5) is 0. The Morgan fingerprint density at radius 3 is 2.75 bits per heavy atom. The summed E-state index contributed by atoms with van der Waals surface area (Å²) >= 11 is 3.45. The summed E-state index contributed by atoms with van der Waals surface area (Å²) in [6, 6.07) is 7.82. The van der Waals surface area contributed by atoms with Crippen LogP contribution in [0.4, 0.5) is 0 Å². The maximum atomic E-state index is 5.72. The molecule has 0 spiro atoms. The van der Waals surface area contributed by atoms with Gasteiger partial charge in [0.25, 0.3) is 0 Å². The average molecular weight is 281 g/mol. The Hall–Kier alpha value is -1.29. The molecule has 0 aliphatic carbocycles. The van der Waals surface area contributed by atoms with Crippen LogP contribution in [0.1, 0.15) is 11.3 Å². The van der Waals surface area contributed by atoms with Crippen molar-refractivity contribution in [3.05, 3.63) is 46.2 Å². The minimum Gasteiger partial charge on any atom is -0.488 e. The van der Waals surface area contributed by atoms with Crippen LogP contribution in [0.5, 0.6) is 5.75 Å². The summed E-state index contributed by atoms with van der Waals surface area (Å²) in [6.07, 6.45) is 1.98. The normalized spacial score (nSPS) is 10.4. The zero-order valence-electron chi connectivity index (χ0n) is 9.27. The van der Waals surface area contributed by atoms with Gasteiger partial charge in [0, 0.05) is 18.8 Å². The molecule has 0 bridgehead atoms. The third-order valence-electron chi connectivity index (χ3n) is 2.33. The topological polar surface area (TPSA) is 27.1 Å². The molecule has 2 rings (SSSR count). The smallest absolute Gasteiger partial charge is 0.133 e. The molecule has 0 radical (unpaired) electrons. The van der Waals surface area contributed by atoms with Crippen molar-refractivity contribution in [2.24, 2.45) is 7.05 Å². The largest absolute Gasteiger partial charge is 0.488 e. The van der Waals surface area contributed by atoms with E-state index in [4.69, 9.17) is 4.74 Å². The van der Waals surface area contributed by atoms with Gasteiger partial charge >= 0.3 is 0 Å². The van der Waals surface area contributed by atoms with E-state index >= 15 is 0 Å². The molecule has 4 heteroatoms. The summed E-state index contributed by atoms with van der Waals surface area (Å²) in [6.45, 7) is 2.53. The van der Waals surface area contributed by atoms with Crippen molar-refractivity contribution in [1.82, 2.24) is 9.78 Å². The maximum absolute atomic E-state index is 5.72.